The quantitative estimate of drug-likeness (QED) is 0.697. The van der Waals surface area contributed by atoms with Gasteiger partial charge in [-0.2, -0.15) is 0 Å². The number of carbonyl (C=O) groups excluding carboxylic acids is 2. The highest BCUT2D eigenvalue weighted by Crippen LogP contribution is 2.56. The van der Waals surface area contributed by atoms with Crippen LogP contribution in [-0.4, -0.2) is 60.1 Å². The van der Waals surface area contributed by atoms with Crippen molar-refractivity contribution in [1.82, 2.24) is 10.2 Å². The van der Waals surface area contributed by atoms with E-state index >= 15 is 0 Å². The van der Waals surface area contributed by atoms with Gasteiger partial charge in [-0.15, -0.1) is 0 Å². The number of amides is 2. The predicted octanol–water partition coefficient (Wildman–Crippen LogP) is 2.95. The molecule has 5 rings (SSSR count). The van der Waals surface area contributed by atoms with Gasteiger partial charge in [0.15, 0.2) is 0 Å². The van der Waals surface area contributed by atoms with Crippen molar-refractivity contribution in [2.45, 2.75) is 11.8 Å². The molecule has 2 aromatic rings. The van der Waals surface area contributed by atoms with Crippen molar-refractivity contribution in [3.8, 4) is 11.1 Å². The average Bonchev–Trinajstić information content (AvgIpc) is 3.16. The van der Waals surface area contributed by atoms with Crippen LogP contribution in [0.3, 0.4) is 0 Å². The normalized spacial score (nSPS) is 22.7. The number of ether oxygens (including phenoxy) is 1. The number of benzene rings is 2. The molecule has 1 saturated heterocycles. The molecule has 7 nitrogen and oxygen atoms in total. The Morgan fingerprint density at radius 2 is 1.61 bits per heavy atom. The molecular weight excluding hydrogens is 434 g/mol. The van der Waals surface area contributed by atoms with E-state index in [2.05, 4.69) is 5.32 Å². The Kier molecular flexibility index (Phi) is 5.07. The maximum Gasteiger partial charge on any atom is 0.407 e. The van der Waals surface area contributed by atoms with E-state index in [0.29, 0.717) is 0 Å². The maximum atomic E-state index is 14.1. The number of aliphatic carboxylic acids is 1. The molecule has 0 spiro atoms. The van der Waals surface area contributed by atoms with E-state index in [1.807, 2.05) is 48.5 Å². The van der Waals surface area contributed by atoms with E-state index in [9.17, 15) is 23.2 Å². The van der Waals surface area contributed by atoms with Gasteiger partial charge in [0.1, 0.15) is 12.5 Å². The van der Waals surface area contributed by atoms with Crippen molar-refractivity contribution in [3.63, 3.8) is 0 Å². The number of halogens is 2. The third-order valence-electron chi connectivity index (χ3n) is 6.82. The van der Waals surface area contributed by atoms with Gasteiger partial charge in [0.05, 0.1) is 11.8 Å². The molecule has 3 aliphatic rings. The van der Waals surface area contributed by atoms with Crippen LogP contribution in [0.25, 0.3) is 11.1 Å². The number of fused-ring (bicyclic) bond motifs is 3. The summed E-state index contributed by atoms with van der Waals surface area (Å²) in [5.74, 6) is -8.77. The number of carboxylic acids is 1. The molecule has 33 heavy (non-hydrogen) atoms. The lowest BCUT2D eigenvalue weighted by molar-refractivity contribution is -0.154. The van der Waals surface area contributed by atoms with Crippen LogP contribution in [-0.2, 0) is 14.3 Å². The van der Waals surface area contributed by atoms with Crippen LogP contribution in [0.15, 0.2) is 48.5 Å². The van der Waals surface area contributed by atoms with Crippen LogP contribution in [0, 0.1) is 17.8 Å². The first-order valence-corrected chi connectivity index (χ1v) is 10.8. The molecule has 2 aliphatic carbocycles. The minimum atomic E-state index is -3.23. The van der Waals surface area contributed by atoms with Crippen LogP contribution < -0.4 is 5.32 Å². The van der Waals surface area contributed by atoms with Gasteiger partial charge in [-0.05, 0) is 22.3 Å². The molecule has 1 aliphatic heterocycles. The molecule has 2 unspecified atom stereocenters. The topological polar surface area (TPSA) is 95.9 Å². The Bertz CT molecular complexity index is 1090. The second-order valence-electron chi connectivity index (χ2n) is 8.74. The molecule has 1 saturated carbocycles. The van der Waals surface area contributed by atoms with Crippen molar-refractivity contribution < 1.29 is 33.0 Å². The highest BCUT2D eigenvalue weighted by molar-refractivity contribution is 5.86. The summed E-state index contributed by atoms with van der Waals surface area (Å²) >= 11 is 0. The van der Waals surface area contributed by atoms with Crippen LogP contribution >= 0.6 is 0 Å². The van der Waals surface area contributed by atoms with E-state index < -0.39 is 48.2 Å². The lowest BCUT2D eigenvalue weighted by Gasteiger charge is -2.36. The lowest BCUT2D eigenvalue weighted by Crippen LogP contribution is -2.54. The standard InChI is InChI=1S/C24H22F2N2O5/c25-24(26)19(20(24)21(29)28-10-13(11-28)22(30)31)9-27-23(32)33-12-18-16-7-3-1-5-14(16)15-6-2-4-8-17(15)18/h1-8,13,18-20H,9-12H2,(H,27,32)(H,30,31). The molecular formula is C24H22F2N2O5. The minimum absolute atomic E-state index is 0.0622. The van der Waals surface area contributed by atoms with Gasteiger partial charge in [-0.3, -0.25) is 9.59 Å². The van der Waals surface area contributed by atoms with Gasteiger partial charge in [-0.25, -0.2) is 13.6 Å². The summed E-state index contributed by atoms with van der Waals surface area (Å²) in [6.07, 6.45) is -0.819. The second-order valence-corrected chi connectivity index (χ2v) is 8.74. The molecule has 2 atom stereocenters. The van der Waals surface area contributed by atoms with Gasteiger partial charge in [-0.1, -0.05) is 48.5 Å². The Morgan fingerprint density at radius 1 is 1.03 bits per heavy atom. The van der Waals surface area contributed by atoms with Crippen molar-refractivity contribution in [2.75, 3.05) is 26.2 Å². The van der Waals surface area contributed by atoms with Crippen LogP contribution in [0.4, 0.5) is 13.6 Å². The zero-order valence-corrected chi connectivity index (χ0v) is 17.5. The fourth-order valence-electron chi connectivity index (χ4n) is 4.83. The molecule has 0 aromatic heterocycles. The van der Waals surface area contributed by atoms with Crippen molar-refractivity contribution in [3.05, 3.63) is 59.7 Å². The number of nitrogens with zero attached hydrogens (tertiary/aromatic N) is 1. The molecule has 9 heteroatoms. The molecule has 2 aromatic carbocycles. The largest absolute Gasteiger partial charge is 0.481 e. The van der Waals surface area contributed by atoms with E-state index in [-0.39, 0.29) is 25.6 Å². The number of carboxylic acid groups (broad SMARTS) is 1. The summed E-state index contributed by atoms with van der Waals surface area (Å²) in [5.41, 5.74) is 4.25. The number of alkyl carbamates (subject to hydrolysis) is 1. The Morgan fingerprint density at radius 3 is 2.18 bits per heavy atom. The first kappa shape index (κ1) is 21.4. The molecule has 1 heterocycles. The van der Waals surface area contributed by atoms with Crippen LogP contribution in [0.2, 0.25) is 0 Å². The van der Waals surface area contributed by atoms with Gasteiger partial charge in [0.25, 0.3) is 5.92 Å². The highest BCUT2D eigenvalue weighted by atomic mass is 19.3. The fraction of sp³-hybridized carbons (Fsp3) is 0.375. The summed E-state index contributed by atoms with van der Waals surface area (Å²) in [6.45, 7) is -0.454. The third-order valence-corrected chi connectivity index (χ3v) is 6.82. The molecule has 2 fully saturated rings. The van der Waals surface area contributed by atoms with Crippen LogP contribution in [0.1, 0.15) is 17.0 Å². The zero-order chi connectivity index (χ0) is 23.3. The molecule has 2 amide bonds. The average molecular weight is 456 g/mol. The summed E-state index contributed by atoms with van der Waals surface area (Å²) in [5, 5.41) is 11.2. The Hall–Kier alpha value is -3.49. The molecule has 172 valence electrons. The van der Waals surface area contributed by atoms with Gasteiger partial charge in [0.2, 0.25) is 5.91 Å². The summed E-state index contributed by atoms with van der Waals surface area (Å²) in [6, 6.07) is 15.7. The summed E-state index contributed by atoms with van der Waals surface area (Å²) in [4.78, 5) is 36.5. The highest BCUT2D eigenvalue weighted by Gasteiger charge is 2.72. The molecule has 0 bridgehead atoms. The number of likely N-dealkylation sites (tertiary alicyclic amines) is 1. The lowest BCUT2D eigenvalue weighted by atomic mass is 9.98. The van der Waals surface area contributed by atoms with Crippen molar-refractivity contribution >= 4 is 18.0 Å². The number of carbonyl (C=O) groups is 3. The van der Waals surface area contributed by atoms with Gasteiger partial charge < -0.3 is 20.1 Å². The SMILES string of the molecule is O=C(NCC1C(C(=O)N2CC(C(=O)O)C2)C1(F)F)OCC1c2ccccc2-c2ccccc21. The van der Waals surface area contributed by atoms with Crippen molar-refractivity contribution in [2.24, 2.45) is 17.8 Å². The van der Waals surface area contributed by atoms with E-state index in [0.717, 1.165) is 27.2 Å². The number of hydrogen-bond acceptors (Lipinski definition) is 4. The van der Waals surface area contributed by atoms with Crippen molar-refractivity contribution in [1.29, 1.82) is 0 Å². The van der Waals surface area contributed by atoms with Gasteiger partial charge in [0, 0.05) is 25.6 Å². The maximum absolute atomic E-state index is 14.1. The number of nitrogens with one attached hydrogen (secondary N) is 1. The summed E-state index contributed by atoms with van der Waals surface area (Å²) < 4.78 is 33.6. The first-order chi connectivity index (χ1) is 15.8. The van der Waals surface area contributed by atoms with E-state index in [1.54, 1.807) is 0 Å². The Balaban J connectivity index is 1.15. The monoisotopic (exact) mass is 456 g/mol. The third kappa shape index (κ3) is 3.61. The predicted molar refractivity (Wildman–Crippen MR) is 113 cm³/mol. The second kappa shape index (κ2) is 7.83. The fourth-order valence-corrected chi connectivity index (χ4v) is 4.83. The number of rotatable bonds is 6. The number of alkyl halides is 2. The van der Waals surface area contributed by atoms with E-state index in [4.69, 9.17) is 9.84 Å². The van der Waals surface area contributed by atoms with Gasteiger partial charge >= 0.3 is 12.1 Å². The summed E-state index contributed by atoms with van der Waals surface area (Å²) in [7, 11) is 0. The Labute approximate surface area is 188 Å². The molecule has 0 radical (unpaired) electrons. The first-order valence-electron chi connectivity index (χ1n) is 10.8. The van der Waals surface area contributed by atoms with E-state index in [1.165, 1.54) is 0 Å². The molecule has 2 N–H and O–H groups in total. The zero-order valence-electron chi connectivity index (χ0n) is 17.5. The van der Waals surface area contributed by atoms with Crippen LogP contribution in [0.5, 0.6) is 0 Å². The smallest absolute Gasteiger partial charge is 0.407 e. The number of hydrogen-bond donors (Lipinski definition) is 2. The minimum Gasteiger partial charge on any atom is -0.481 e.